The van der Waals surface area contributed by atoms with E-state index in [0.29, 0.717) is 6.54 Å². The van der Waals surface area contributed by atoms with Gasteiger partial charge in [0.2, 0.25) is 0 Å². The Hall–Kier alpha value is -2.07. The molecule has 0 aromatic heterocycles. The number of nitrogens with two attached hydrogens (primary N) is 1. The molecule has 3 nitrogen and oxygen atoms in total. The topological polar surface area (TPSA) is 38.5 Å². The van der Waals surface area contributed by atoms with Gasteiger partial charge in [0.1, 0.15) is 11.6 Å². The van der Waals surface area contributed by atoms with Gasteiger partial charge in [-0.2, -0.15) is 0 Å². The summed E-state index contributed by atoms with van der Waals surface area (Å²) in [5, 5.41) is 0. The van der Waals surface area contributed by atoms with Gasteiger partial charge in [0, 0.05) is 31.4 Å². The van der Waals surface area contributed by atoms with Crippen molar-refractivity contribution in [3.8, 4) is 5.75 Å². The summed E-state index contributed by atoms with van der Waals surface area (Å²) in [7, 11) is 3.61. The molecule has 2 N–H and O–H groups in total. The SMILES string of the molecule is COc1cccc(N(C)CC(N)c2ccc(F)cc2)c1. The molecule has 1 atom stereocenters. The van der Waals surface area contributed by atoms with Crippen molar-refractivity contribution in [2.24, 2.45) is 5.73 Å². The van der Waals surface area contributed by atoms with E-state index in [1.165, 1.54) is 12.1 Å². The van der Waals surface area contributed by atoms with Gasteiger partial charge >= 0.3 is 0 Å². The summed E-state index contributed by atoms with van der Waals surface area (Å²) in [6.45, 7) is 0.638. The Morgan fingerprint density at radius 1 is 1.20 bits per heavy atom. The molecule has 1 unspecified atom stereocenters. The van der Waals surface area contributed by atoms with Crippen molar-refractivity contribution in [2.75, 3.05) is 25.6 Å². The Kier molecular flexibility index (Phi) is 4.58. The van der Waals surface area contributed by atoms with Crippen LogP contribution in [0.2, 0.25) is 0 Å². The second kappa shape index (κ2) is 6.39. The van der Waals surface area contributed by atoms with E-state index in [-0.39, 0.29) is 11.9 Å². The van der Waals surface area contributed by atoms with Crippen LogP contribution >= 0.6 is 0 Å². The minimum absolute atomic E-state index is 0.174. The number of rotatable bonds is 5. The van der Waals surface area contributed by atoms with Gasteiger partial charge in [-0.3, -0.25) is 0 Å². The second-order valence-electron chi connectivity index (χ2n) is 4.74. The lowest BCUT2D eigenvalue weighted by atomic mass is 10.1. The summed E-state index contributed by atoms with van der Waals surface area (Å²) in [6.07, 6.45) is 0. The van der Waals surface area contributed by atoms with Crippen LogP contribution in [0.5, 0.6) is 5.75 Å². The highest BCUT2D eigenvalue weighted by Crippen LogP contribution is 2.22. The van der Waals surface area contributed by atoms with E-state index in [0.717, 1.165) is 17.0 Å². The van der Waals surface area contributed by atoms with Gasteiger partial charge in [-0.15, -0.1) is 0 Å². The van der Waals surface area contributed by atoms with E-state index in [9.17, 15) is 4.39 Å². The molecule has 106 valence electrons. The number of hydrogen-bond acceptors (Lipinski definition) is 3. The maximum atomic E-state index is 12.9. The standard InChI is InChI=1S/C16H19FN2O/c1-19(14-4-3-5-15(10-14)20-2)11-16(18)12-6-8-13(17)9-7-12/h3-10,16H,11,18H2,1-2H3. The van der Waals surface area contributed by atoms with Crippen molar-refractivity contribution in [1.29, 1.82) is 0 Å². The van der Waals surface area contributed by atoms with Crippen LogP contribution in [0.25, 0.3) is 0 Å². The van der Waals surface area contributed by atoms with Gasteiger partial charge in [-0.25, -0.2) is 4.39 Å². The molecule has 2 aromatic carbocycles. The summed E-state index contributed by atoms with van der Waals surface area (Å²) < 4.78 is 18.1. The maximum absolute atomic E-state index is 12.9. The Morgan fingerprint density at radius 3 is 2.55 bits per heavy atom. The third kappa shape index (κ3) is 3.48. The fourth-order valence-electron chi connectivity index (χ4n) is 2.06. The van der Waals surface area contributed by atoms with Gasteiger partial charge in [-0.05, 0) is 29.8 Å². The maximum Gasteiger partial charge on any atom is 0.123 e. The largest absolute Gasteiger partial charge is 0.497 e. The molecule has 0 aliphatic rings. The Labute approximate surface area is 118 Å². The van der Waals surface area contributed by atoms with Gasteiger partial charge < -0.3 is 15.4 Å². The van der Waals surface area contributed by atoms with Crippen molar-refractivity contribution >= 4 is 5.69 Å². The summed E-state index contributed by atoms with van der Waals surface area (Å²) in [5.74, 6) is 0.562. The molecule has 0 radical (unpaired) electrons. The monoisotopic (exact) mass is 274 g/mol. The first-order valence-corrected chi connectivity index (χ1v) is 6.46. The molecule has 0 saturated carbocycles. The zero-order valence-corrected chi connectivity index (χ0v) is 11.7. The lowest BCUT2D eigenvalue weighted by Gasteiger charge is -2.24. The van der Waals surface area contributed by atoms with E-state index in [2.05, 4.69) is 4.90 Å². The zero-order chi connectivity index (χ0) is 14.5. The molecule has 2 aromatic rings. The first kappa shape index (κ1) is 14.3. The van der Waals surface area contributed by atoms with E-state index >= 15 is 0 Å². The van der Waals surface area contributed by atoms with Crippen molar-refractivity contribution < 1.29 is 9.13 Å². The number of halogens is 1. The molecule has 0 saturated heterocycles. The number of ether oxygens (including phenoxy) is 1. The summed E-state index contributed by atoms with van der Waals surface area (Å²) in [6, 6.07) is 13.9. The van der Waals surface area contributed by atoms with Crippen molar-refractivity contribution in [2.45, 2.75) is 6.04 Å². The molecule has 0 spiro atoms. The minimum atomic E-state index is -0.248. The Balaban J connectivity index is 2.06. The van der Waals surface area contributed by atoms with Crippen LogP contribution in [-0.4, -0.2) is 20.7 Å². The average molecular weight is 274 g/mol. The van der Waals surface area contributed by atoms with Gasteiger partial charge in [0.15, 0.2) is 0 Å². The predicted molar refractivity (Wildman–Crippen MR) is 79.6 cm³/mol. The second-order valence-corrected chi connectivity index (χ2v) is 4.74. The summed E-state index contributed by atoms with van der Waals surface area (Å²) >= 11 is 0. The van der Waals surface area contributed by atoms with Crippen LogP contribution in [0.15, 0.2) is 48.5 Å². The number of hydrogen-bond donors (Lipinski definition) is 1. The molecule has 0 amide bonds. The predicted octanol–water partition coefficient (Wildman–Crippen LogP) is 2.97. The van der Waals surface area contributed by atoms with Crippen LogP contribution < -0.4 is 15.4 Å². The van der Waals surface area contributed by atoms with Crippen molar-refractivity contribution in [3.63, 3.8) is 0 Å². The van der Waals surface area contributed by atoms with Crippen molar-refractivity contribution in [3.05, 3.63) is 59.9 Å². The molecular weight excluding hydrogens is 255 g/mol. The molecular formula is C16H19FN2O. The van der Waals surface area contributed by atoms with Crippen LogP contribution in [0.4, 0.5) is 10.1 Å². The Morgan fingerprint density at radius 2 is 1.90 bits per heavy atom. The number of likely N-dealkylation sites (N-methyl/N-ethyl adjacent to an activating group) is 1. The van der Waals surface area contributed by atoms with E-state index in [1.807, 2.05) is 31.3 Å². The molecule has 0 aliphatic heterocycles. The van der Waals surface area contributed by atoms with Crippen LogP contribution in [0, 0.1) is 5.82 Å². The molecule has 0 heterocycles. The average Bonchev–Trinajstić information content (AvgIpc) is 2.47. The van der Waals surface area contributed by atoms with Gasteiger partial charge in [0.25, 0.3) is 0 Å². The fraction of sp³-hybridized carbons (Fsp3) is 0.250. The number of benzene rings is 2. The molecule has 0 fully saturated rings. The van der Waals surface area contributed by atoms with Gasteiger partial charge in [0.05, 0.1) is 7.11 Å². The number of nitrogens with zero attached hydrogens (tertiary/aromatic N) is 1. The van der Waals surface area contributed by atoms with Crippen LogP contribution in [-0.2, 0) is 0 Å². The highest BCUT2D eigenvalue weighted by molar-refractivity contribution is 5.50. The lowest BCUT2D eigenvalue weighted by Crippen LogP contribution is -2.28. The summed E-state index contributed by atoms with van der Waals surface area (Å²) in [4.78, 5) is 2.05. The quantitative estimate of drug-likeness (QED) is 0.911. The molecule has 4 heteroatoms. The van der Waals surface area contributed by atoms with Crippen LogP contribution in [0.1, 0.15) is 11.6 Å². The van der Waals surface area contributed by atoms with Crippen molar-refractivity contribution in [1.82, 2.24) is 0 Å². The number of anilines is 1. The third-order valence-corrected chi connectivity index (χ3v) is 3.26. The summed E-state index contributed by atoms with van der Waals surface area (Å²) in [5.41, 5.74) is 8.11. The lowest BCUT2D eigenvalue weighted by molar-refractivity contribution is 0.415. The van der Waals surface area contributed by atoms with Gasteiger partial charge in [-0.1, -0.05) is 18.2 Å². The minimum Gasteiger partial charge on any atom is -0.497 e. The normalized spacial score (nSPS) is 12.0. The molecule has 20 heavy (non-hydrogen) atoms. The van der Waals surface area contributed by atoms with E-state index in [1.54, 1.807) is 19.2 Å². The zero-order valence-electron chi connectivity index (χ0n) is 11.7. The highest BCUT2D eigenvalue weighted by Gasteiger charge is 2.10. The van der Waals surface area contributed by atoms with E-state index < -0.39 is 0 Å². The Bertz CT molecular complexity index is 557. The third-order valence-electron chi connectivity index (χ3n) is 3.26. The highest BCUT2D eigenvalue weighted by atomic mass is 19.1. The number of methoxy groups -OCH3 is 1. The molecule has 0 aliphatic carbocycles. The first-order valence-electron chi connectivity index (χ1n) is 6.46. The smallest absolute Gasteiger partial charge is 0.123 e. The fourth-order valence-corrected chi connectivity index (χ4v) is 2.06. The molecule has 0 bridgehead atoms. The van der Waals surface area contributed by atoms with E-state index in [4.69, 9.17) is 10.5 Å². The van der Waals surface area contributed by atoms with Crippen LogP contribution in [0.3, 0.4) is 0 Å². The molecule has 2 rings (SSSR count). The first-order chi connectivity index (χ1) is 9.60.